The van der Waals surface area contributed by atoms with Crippen molar-refractivity contribution in [2.45, 2.75) is 37.8 Å². The largest absolute Gasteiger partial charge is 0.286 e. The predicted molar refractivity (Wildman–Crippen MR) is 89.9 cm³/mol. The lowest BCUT2D eigenvalue weighted by Gasteiger charge is -2.25. The Balaban J connectivity index is 1.67. The summed E-state index contributed by atoms with van der Waals surface area (Å²) in [6.07, 6.45) is 8.92. The molecule has 104 valence electrons. The fourth-order valence-corrected chi connectivity index (χ4v) is 3.69. The van der Waals surface area contributed by atoms with E-state index in [9.17, 15) is 0 Å². The van der Waals surface area contributed by atoms with Gasteiger partial charge in [-0.2, -0.15) is 0 Å². The molecule has 4 heteroatoms. The highest BCUT2D eigenvalue weighted by molar-refractivity contribution is 7.12. The Kier molecular flexibility index (Phi) is 4.77. The van der Waals surface area contributed by atoms with Gasteiger partial charge in [-0.3, -0.25) is 9.98 Å². The molecule has 0 aromatic carbocycles. The van der Waals surface area contributed by atoms with Gasteiger partial charge in [-0.15, -0.1) is 22.7 Å². The molecule has 0 amide bonds. The van der Waals surface area contributed by atoms with Crippen molar-refractivity contribution in [3.05, 3.63) is 44.8 Å². The second-order valence-corrected chi connectivity index (χ2v) is 6.96. The molecule has 0 saturated heterocycles. The molecule has 1 aliphatic rings. The fraction of sp³-hybridized carbons (Fsp3) is 0.375. The van der Waals surface area contributed by atoms with Gasteiger partial charge in [0.2, 0.25) is 0 Å². The van der Waals surface area contributed by atoms with Gasteiger partial charge in [0.25, 0.3) is 0 Å². The van der Waals surface area contributed by atoms with Gasteiger partial charge < -0.3 is 0 Å². The summed E-state index contributed by atoms with van der Waals surface area (Å²) in [5.74, 6) is 0. The van der Waals surface area contributed by atoms with Crippen molar-refractivity contribution in [1.29, 1.82) is 0 Å². The molecule has 1 aliphatic carbocycles. The summed E-state index contributed by atoms with van der Waals surface area (Å²) < 4.78 is 0. The maximum atomic E-state index is 4.78. The zero-order valence-corrected chi connectivity index (χ0v) is 12.9. The van der Waals surface area contributed by atoms with Gasteiger partial charge in [-0.05, 0) is 35.7 Å². The van der Waals surface area contributed by atoms with E-state index < -0.39 is 0 Å². The van der Waals surface area contributed by atoms with Crippen molar-refractivity contribution in [2.24, 2.45) is 9.98 Å². The molecule has 1 fully saturated rings. The third kappa shape index (κ3) is 3.64. The molecule has 0 spiro atoms. The maximum absolute atomic E-state index is 4.78. The highest BCUT2D eigenvalue weighted by Gasteiger charge is 2.23. The second kappa shape index (κ2) is 6.95. The third-order valence-electron chi connectivity index (χ3n) is 3.57. The maximum Gasteiger partial charge on any atom is 0.0723 e. The van der Waals surface area contributed by atoms with Crippen LogP contribution in [-0.2, 0) is 0 Å². The Bertz CT molecular complexity index is 503. The van der Waals surface area contributed by atoms with E-state index >= 15 is 0 Å². The topological polar surface area (TPSA) is 24.7 Å². The monoisotopic (exact) mass is 302 g/mol. The van der Waals surface area contributed by atoms with Crippen molar-refractivity contribution in [1.82, 2.24) is 0 Å². The lowest BCUT2D eigenvalue weighted by Crippen LogP contribution is -2.27. The van der Waals surface area contributed by atoms with Crippen LogP contribution in [0.15, 0.2) is 45.0 Å². The van der Waals surface area contributed by atoms with Gasteiger partial charge in [-0.25, -0.2) is 0 Å². The summed E-state index contributed by atoms with van der Waals surface area (Å²) >= 11 is 3.48. The summed E-state index contributed by atoms with van der Waals surface area (Å²) in [7, 11) is 0. The minimum atomic E-state index is 0.349. The van der Waals surface area contributed by atoms with Gasteiger partial charge in [0.15, 0.2) is 0 Å². The molecule has 2 atom stereocenters. The first-order valence-electron chi connectivity index (χ1n) is 7.05. The molecule has 2 heterocycles. The van der Waals surface area contributed by atoms with Gasteiger partial charge in [-0.1, -0.05) is 25.0 Å². The van der Waals surface area contributed by atoms with Crippen LogP contribution in [0.5, 0.6) is 0 Å². The van der Waals surface area contributed by atoms with Crippen LogP contribution >= 0.6 is 22.7 Å². The third-order valence-corrected chi connectivity index (χ3v) is 5.18. The van der Waals surface area contributed by atoms with Crippen LogP contribution in [0.25, 0.3) is 0 Å². The summed E-state index contributed by atoms with van der Waals surface area (Å²) in [4.78, 5) is 12.0. The van der Waals surface area contributed by atoms with E-state index in [1.807, 2.05) is 12.4 Å². The molecule has 1 saturated carbocycles. The normalized spacial score (nSPS) is 23.8. The van der Waals surface area contributed by atoms with Crippen LogP contribution in [0.2, 0.25) is 0 Å². The van der Waals surface area contributed by atoms with E-state index in [0.29, 0.717) is 12.1 Å². The Labute approximate surface area is 127 Å². The number of nitrogens with zero attached hydrogens (tertiary/aromatic N) is 2. The summed E-state index contributed by atoms with van der Waals surface area (Å²) in [6, 6.07) is 9.06. The Hall–Kier alpha value is -1.26. The van der Waals surface area contributed by atoms with Crippen molar-refractivity contribution in [3.8, 4) is 0 Å². The van der Waals surface area contributed by atoms with E-state index in [-0.39, 0.29) is 0 Å². The van der Waals surface area contributed by atoms with Crippen LogP contribution in [0.1, 0.15) is 35.4 Å². The number of aliphatic imine (C=N–C) groups is 2. The highest BCUT2D eigenvalue weighted by atomic mass is 32.1. The van der Waals surface area contributed by atoms with Crippen molar-refractivity contribution in [3.63, 3.8) is 0 Å². The van der Waals surface area contributed by atoms with Crippen LogP contribution < -0.4 is 0 Å². The quantitative estimate of drug-likeness (QED) is 0.734. The van der Waals surface area contributed by atoms with E-state index in [0.717, 1.165) is 12.8 Å². The standard InChI is InChI=1S/C16H18N2S2/c1-2-8-16(18-12-14-6-4-10-20-14)15(7-1)17-11-13-5-3-9-19-13/h3-6,9-12,15-16H,1-2,7-8H2/b17-11+,18-12+/t15-,16-/m1/s1. The zero-order valence-electron chi connectivity index (χ0n) is 11.3. The van der Waals surface area contributed by atoms with Gasteiger partial charge in [0.05, 0.1) is 12.1 Å². The van der Waals surface area contributed by atoms with Crippen LogP contribution in [0, 0.1) is 0 Å². The van der Waals surface area contributed by atoms with Crippen LogP contribution in [0.3, 0.4) is 0 Å². The van der Waals surface area contributed by atoms with E-state index in [2.05, 4.69) is 35.0 Å². The Morgan fingerprint density at radius 1 is 0.850 bits per heavy atom. The summed E-state index contributed by atoms with van der Waals surface area (Å²) in [5, 5.41) is 4.18. The molecule has 0 N–H and O–H groups in total. The SMILES string of the molecule is C(=N\[C@@H]1CCCC[C@H]1/N=C/c1cccs1)/c1cccs1. The number of hydrogen-bond acceptors (Lipinski definition) is 4. The van der Waals surface area contributed by atoms with Crippen LogP contribution in [0.4, 0.5) is 0 Å². The molecule has 2 aromatic heterocycles. The fourth-order valence-electron chi connectivity index (χ4n) is 2.51. The highest BCUT2D eigenvalue weighted by Crippen LogP contribution is 2.24. The van der Waals surface area contributed by atoms with E-state index in [1.54, 1.807) is 22.7 Å². The van der Waals surface area contributed by atoms with Crippen molar-refractivity contribution in [2.75, 3.05) is 0 Å². The summed E-state index contributed by atoms with van der Waals surface area (Å²) in [6.45, 7) is 0. The first-order chi connectivity index (χ1) is 9.92. The second-order valence-electron chi connectivity index (χ2n) is 5.01. The first-order valence-corrected chi connectivity index (χ1v) is 8.81. The predicted octanol–water partition coefficient (Wildman–Crippen LogP) is 4.66. The number of thiophene rings is 2. The number of hydrogen-bond donors (Lipinski definition) is 0. The molecular weight excluding hydrogens is 284 g/mol. The van der Waals surface area contributed by atoms with E-state index in [1.165, 1.54) is 22.6 Å². The molecule has 2 aromatic rings. The lowest BCUT2D eigenvalue weighted by atomic mass is 9.91. The first kappa shape index (κ1) is 13.7. The lowest BCUT2D eigenvalue weighted by molar-refractivity contribution is 0.390. The van der Waals surface area contributed by atoms with Crippen molar-refractivity contribution < 1.29 is 0 Å². The molecule has 3 rings (SSSR count). The average molecular weight is 302 g/mol. The molecule has 2 nitrogen and oxygen atoms in total. The molecule has 20 heavy (non-hydrogen) atoms. The van der Waals surface area contributed by atoms with Crippen molar-refractivity contribution >= 4 is 35.1 Å². The number of rotatable bonds is 4. The van der Waals surface area contributed by atoms with Gasteiger partial charge in [0.1, 0.15) is 0 Å². The molecule has 0 aliphatic heterocycles. The minimum absolute atomic E-state index is 0.349. The van der Waals surface area contributed by atoms with Gasteiger partial charge >= 0.3 is 0 Å². The summed E-state index contributed by atoms with van der Waals surface area (Å²) in [5.41, 5.74) is 0. The zero-order chi connectivity index (χ0) is 13.6. The molecule has 0 radical (unpaired) electrons. The molecule has 0 bridgehead atoms. The molecular formula is C16H18N2S2. The van der Waals surface area contributed by atoms with Gasteiger partial charge in [0, 0.05) is 22.2 Å². The minimum Gasteiger partial charge on any atom is -0.286 e. The van der Waals surface area contributed by atoms with Crippen LogP contribution in [-0.4, -0.2) is 24.5 Å². The Morgan fingerprint density at radius 2 is 1.35 bits per heavy atom. The average Bonchev–Trinajstić information content (AvgIpc) is 3.17. The molecule has 0 unspecified atom stereocenters. The smallest absolute Gasteiger partial charge is 0.0723 e. The Morgan fingerprint density at radius 3 is 1.75 bits per heavy atom. The van der Waals surface area contributed by atoms with E-state index in [4.69, 9.17) is 9.98 Å².